The number of rotatable bonds is 5. The van der Waals surface area contributed by atoms with Crippen LogP contribution in [0.4, 0.5) is 5.69 Å². The summed E-state index contributed by atoms with van der Waals surface area (Å²) >= 11 is 0. The molecule has 3 aliphatic rings. The van der Waals surface area contributed by atoms with Crippen molar-refractivity contribution >= 4 is 5.69 Å². The molecule has 2 aromatic rings. The van der Waals surface area contributed by atoms with Crippen LogP contribution in [0.25, 0.3) is 11.3 Å². The predicted molar refractivity (Wildman–Crippen MR) is 114 cm³/mol. The molecule has 1 N–H and O–H groups in total. The first-order valence-corrected chi connectivity index (χ1v) is 11.1. The van der Waals surface area contributed by atoms with Gasteiger partial charge in [-0.15, -0.1) is 0 Å². The number of nitrogens with one attached hydrogen (secondary N) is 1. The highest BCUT2D eigenvalue weighted by Crippen LogP contribution is 2.32. The van der Waals surface area contributed by atoms with E-state index in [0.717, 1.165) is 17.7 Å². The van der Waals surface area contributed by atoms with E-state index in [4.69, 9.17) is 14.2 Å². The first-order chi connectivity index (χ1) is 14.8. The maximum atomic E-state index is 12.6. The molecule has 1 saturated carbocycles. The van der Waals surface area contributed by atoms with Crippen molar-refractivity contribution in [2.24, 2.45) is 0 Å². The molecule has 1 aromatic heterocycles. The van der Waals surface area contributed by atoms with Crippen molar-refractivity contribution in [3.05, 3.63) is 40.3 Å². The first kappa shape index (κ1) is 19.6. The lowest BCUT2D eigenvalue weighted by atomic mass is 9.94. The van der Waals surface area contributed by atoms with Gasteiger partial charge in [0, 0.05) is 29.9 Å². The van der Waals surface area contributed by atoms with Crippen LogP contribution in [-0.2, 0) is 22.4 Å². The summed E-state index contributed by atoms with van der Waals surface area (Å²) in [5.74, 6) is 0.345. The van der Waals surface area contributed by atoms with Crippen LogP contribution in [0.2, 0.25) is 0 Å². The Kier molecular flexibility index (Phi) is 5.73. The molecule has 0 bridgehead atoms. The van der Waals surface area contributed by atoms with Crippen LogP contribution in [0.1, 0.15) is 37.7 Å². The van der Waals surface area contributed by atoms with Gasteiger partial charge in [-0.2, -0.15) is 4.98 Å². The molecule has 160 valence electrons. The van der Waals surface area contributed by atoms with Crippen molar-refractivity contribution in [1.82, 2.24) is 9.55 Å². The highest BCUT2D eigenvalue weighted by atomic mass is 16.6. The van der Waals surface area contributed by atoms with E-state index in [9.17, 15) is 4.79 Å². The minimum absolute atomic E-state index is 0.125. The molecule has 30 heavy (non-hydrogen) atoms. The lowest BCUT2D eigenvalue weighted by Gasteiger charge is -2.26. The number of nitrogens with zero attached hydrogens (tertiary/aromatic N) is 2. The Morgan fingerprint density at radius 3 is 2.90 bits per heavy atom. The lowest BCUT2D eigenvalue weighted by molar-refractivity contribution is -0.102. The lowest BCUT2D eigenvalue weighted by Crippen LogP contribution is -2.34. The third-order valence-corrected chi connectivity index (χ3v) is 6.25. The van der Waals surface area contributed by atoms with Gasteiger partial charge in [0.05, 0.1) is 25.5 Å². The molecule has 1 aromatic carbocycles. The van der Waals surface area contributed by atoms with E-state index < -0.39 is 0 Å². The summed E-state index contributed by atoms with van der Waals surface area (Å²) in [6.07, 6.45) is 7.18. The minimum Gasteiger partial charge on any atom is -0.475 e. The molecule has 0 spiro atoms. The normalized spacial score (nSPS) is 21.5. The van der Waals surface area contributed by atoms with Crippen molar-refractivity contribution in [3.8, 4) is 17.1 Å². The van der Waals surface area contributed by atoms with E-state index in [1.807, 2.05) is 6.07 Å². The fraction of sp³-hybridized carbons (Fsp3) is 0.565. The summed E-state index contributed by atoms with van der Waals surface area (Å²) < 4.78 is 18.5. The number of benzene rings is 1. The summed E-state index contributed by atoms with van der Waals surface area (Å²) in [5, 5.41) is 3.70. The second-order valence-corrected chi connectivity index (χ2v) is 8.39. The number of ether oxygens (including phenoxy) is 3. The molecule has 1 atom stereocenters. The van der Waals surface area contributed by atoms with Gasteiger partial charge in [-0.3, -0.25) is 4.57 Å². The molecular formula is C23H29N3O4. The second kappa shape index (κ2) is 8.78. The van der Waals surface area contributed by atoms with Gasteiger partial charge in [-0.05, 0) is 37.0 Å². The Bertz CT molecular complexity index is 946. The molecule has 2 fully saturated rings. The third-order valence-electron chi connectivity index (χ3n) is 6.25. The maximum Gasteiger partial charge on any atom is 0.351 e. The van der Waals surface area contributed by atoms with Gasteiger partial charge in [-0.25, -0.2) is 4.79 Å². The number of anilines is 1. The number of hydrogen-bond acceptors (Lipinski definition) is 6. The Morgan fingerprint density at radius 1 is 1.17 bits per heavy atom. The highest BCUT2D eigenvalue weighted by molar-refractivity contribution is 5.69. The van der Waals surface area contributed by atoms with Crippen LogP contribution >= 0.6 is 0 Å². The number of fused-ring (bicyclic) bond motifs is 3. The van der Waals surface area contributed by atoms with Crippen molar-refractivity contribution in [2.75, 3.05) is 31.7 Å². The molecule has 1 aliphatic carbocycles. The van der Waals surface area contributed by atoms with Gasteiger partial charge in [0.1, 0.15) is 12.7 Å². The summed E-state index contributed by atoms with van der Waals surface area (Å²) in [6.45, 7) is 2.65. The second-order valence-electron chi connectivity index (χ2n) is 8.39. The molecule has 0 amide bonds. The van der Waals surface area contributed by atoms with E-state index >= 15 is 0 Å². The van der Waals surface area contributed by atoms with E-state index in [0.29, 0.717) is 44.9 Å². The largest absolute Gasteiger partial charge is 0.475 e. The minimum atomic E-state index is -0.265. The van der Waals surface area contributed by atoms with E-state index in [2.05, 4.69) is 28.5 Å². The summed E-state index contributed by atoms with van der Waals surface area (Å²) in [4.78, 5) is 16.7. The van der Waals surface area contributed by atoms with E-state index in [1.54, 1.807) is 4.57 Å². The predicted octanol–water partition coefficient (Wildman–Crippen LogP) is 3.01. The van der Waals surface area contributed by atoms with Crippen LogP contribution in [-0.4, -0.2) is 48.1 Å². The topological polar surface area (TPSA) is 74.6 Å². The van der Waals surface area contributed by atoms with Crippen LogP contribution in [0.5, 0.6) is 5.88 Å². The quantitative estimate of drug-likeness (QED) is 0.815. The van der Waals surface area contributed by atoms with Crippen LogP contribution < -0.4 is 15.7 Å². The average Bonchev–Trinajstić information content (AvgIpc) is 2.79. The Labute approximate surface area is 176 Å². The summed E-state index contributed by atoms with van der Waals surface area (Å²) in [5.41, 5.74) is 4.12. The number of hydrogen-bond donors (Lipinski definition) is 1. The zero-order chi connectivity index (χ0) is 20.3. The Hall–Kier alpha value is -2.38. The standard InChI is InChI=1S/C23H29N3O4/c27-23-25-22(30-15-19-14-28-10-11-29-19)13-21-20-7-6-18(12-16(20)8-9-26(21)23)24-17-4-2-1-3-5-17/h6-7,12-13,17,19,24H,1-5,8-11,14-15H2. The van der Waals surface area contributed by atoms with Crippen molar-refractivity contribution < 1.29 is 14.2 Å². The molecule has 1 unspecified atom stereocenters. The maximum absolute atomic E-state index is 12.6. The monoisotopic (exact) mass is 411 g/mol. The summed E-state index contributed by atoms with van der Waals surface area (Å²) in [6, 6.07) is 8.93. The molecular weight excluding hydrogens is 382 g/mol. The fourth-order valence-corrected chi connectivity index (χ4v) is 4.66. The molecule has 3 heterocycles. The molecule has 7 heteroatoms. The Balaban J connectivity index is 1.35. The van der Waals surface area contributed by atoms with Crippen LogP contribution in [0.15, 0.2) is 29.1 Å². The van der Waals surface area contributed by atoms with Crippen molar-refractivity contribution in [2.45, 2.75) is 57.2 Å². The molecule has 0 radical (unpaired) electrons. The van der Waals surface area contributed by atoms with Crippen molar-refractivity contribution in [3.63, 3.8) is 0 Å². The van der Waals surface area contributed by atoms with Gasteiger partial charge in [0.25, 0.3) is 0 Å². The molecule has 1 saturated heterocycles. The first-order valence-electron chi connectivity index (χ1n) is 11.1. The van der Waals surface area contributed by atoms with Gasteiger partial charge in [0.15, 0.2) is 0 Å². The molecule has 7 nitrogen and oxygen atoms in total. The van der Waals surface area contributed by atoms with Crippen LogP contribution in [0, 0.1) is 0 Å². The smallest absolute Gasteiger partial charge is 0.351 e. The third kappa shape index (κ3) is 4.23. The van der Waals surface area contributed by atoms with Gasteiger partial charge in [0.2, 0.25) is 5.88 Å². The number of aryl methyl sites for hydroxylation is 1. The average molecular weight is 412 g/mol. The van der Waals surface area contributed by atoms with Gasteiger partial charge >= 0.3 is 5.69 Å². The zero-order valence-corrected chi connectivity index (χ0v) is 17.3. The SMILES string of the molecule is O=c1nc(OCC2COCCO2)cc2n1CCc1cc(NC3CCCCC3)ccc1-2. The molecule has 5 rings (SSSR count). The summed E-state index contributed by atoms with van der Waals surface area (Å²) in [7, 11) is 0. The molecule has 2 aliphatic heterocycles. The number of aromatic nitrogens is 2. The van der Waals surface area contributed by atoms with E-state index in [1.165, 1.54) is 43.4 Å². The zero-order valence-electron chi connectivity index (χ0n) is 17.3. The van der Waals surface area contributed by atoms with Gasteiger partial charge in [-0.1, -0.05) is 25.3 Å². The Morgan fingerprint density at radius 2 is 2.07 bits per heavy atom. The van der Waals surface area contributed by atoms with Crippen molar-refractivity contribution in [1.29, 1.82) is 0 Å². The van der Waals surface area contributed by atoms with Gasteiger partial charge < -0.3 is 19.5 Å². The highest BCUT2D eigenvalue weighted by Gasteiger charge is 2.21. The fourth-order valence-electron chi connectivity index (χ4n) is 4.66. The van der Waals surface area contributed by atoms with Crippen LogP contribution in [0.3, 0.4) is 0 Å². The van der Waals surface area contributed by atoms with E-state index in [-0.39, 0.29) is 11.8 Å².